The number of hydrogen-bond donors (Lipinski definition) is 0. The van der Waals surface area contributed by atoms with Gasteiger partial charge in [0, 0.05) is 0 Å². The summed E-state index contributed by atoms with van der Waals surface area (Å²) in [5.41, 5.74) is 1.87. The normalized spacial score (nSPS) is 18.8. The largest absolute Gasteiger partial charge is 0.207 e. The third kappa shape index (κ3) is 3.56. The zero-order chi connectivity index (χ0) is 12.8. The summed E-state index contributed by atoms with van der Waals surface area (Å²) >= 11 is 0. The van der Waals surface area contributed by atoms with Gasteiger partial charge in [-0.05, 0) is 61.6 Å². The average molecular weight is 244 g/mol. The Bertz CT molecular complexity index is 431. The van der Waals surface area contributed by atoms with Gasteiger partial charge in [-0.25, -0.2) is 4.39 Å². The number of allylic oxidation sites excluding steroid dienone is 3. The van der Waals surface area contributed by atoms with Crippen LogP contribution >= 0.6 is 0 Å². The van der Waals surface area contributed by atoms with Crippen molar-refractivity contribution in [1.82, 2.24) is 0 Å². The predicted molar refractivity (Wildman–Crippen MR) is 75.1 cm³/mol. The molecule has 18 heavy (non-hydrogen) atoms. The highest BCUT2D eigenvalue weighted by atomic mass is 19.1. The highest BCUT2D eigenvalue weighted by Crippen LogP contribution is 2.24. The van der Waals surface area contributed by atoms with Crippen LogP contribution in [0, 0.1) is 11.7 Å². The van der Waals surface area contributed by atoms with Crippen molar-refractivity contribution in [3.05, 3.63) is 60.0 Å². The number of hydrogen-bond acceptors (Lipinski definition) is 0. The first-order valence-corrected chi connectivity index (χ1v) is 6.83. The topological polar surface area (TPSA) is 0 Å². The molecule has 0 saturated heterocycles. The Morgan fingerprint density at radius 3 is 2.89 bits per heavy atom. The molecule has 1 aromatic rings. The van der Waals surface area contributed by atoms with Crippen molar-refractivity contribution in [3.63, 3.8) is 0 Å². The van der Waals surface area contributed by atoms with E-state index in [-0.39, 0.29) is 5.82 Å². The third-order valence-electron chi connectivity index (χ3n) is 3.70. The van der Waals surface area contributed by atoms with Crippen LogP contribution in [0.2, 0.25) is 0 Å². The van der Waals surface area contributed by atoms with Gasteiger partial charge in [-0.1, -0.05) is 30.4 Å². The third-order valence-corrected chi connectivity index (χ3v) is 3.70. The minimum Gasteiger partial charge on any atom is -0.207 e. The molecule has 0 amide bonds. The average Bonchev–Trinajstić information content (AvgIpc) is 2.39. The Kier molecular flexibility index (Phi) is 4.74. The minimum atomic E-state index is -0.0549. The van der Waals surface area contributed by atoms with Crippen molar-refractivity contribution >= 4 is 0 Å². The van der Waals surface area contributed by atoms with Crippen LogP contribution in [0.1, 0.15) is 36.8 Å². The summed E-state index contributed by atoms with van der Waals surface area (Å²) in [6.45, 7) is 3.68. The molecule has 0 aromatic heterocycles. The second kappa shape index (κ2) is 6.53. The molecule has 96 valence electrons. The maximum atomic E-state index is 13.9. The first-order chi connectivity index (χ1) is 8.79. The Balaban J connectivity index is 1.92. The predicted octanol–water partition coefficient (Wildman–Crippen LogP) is 4.84. The standard InChI is InChI=1S/C17H21F/c1-2-6-15-10-12-16(17(18)13-15)11-9-14-7-4-3-5-8-14/h2-4,10,12-14H,1,5-9,11H2. The minimum absolute atomic E-state index is 0.0549. The molecule has 0 spiro atoms. The lowest BCUT2D eigenvalue weighted by Crippen LogP contribution is -2.05. The molecule has 0 aliphatic heterocycles. The van der Waals surface area contributed by atoms with E-state index in [9.17, 15) is 4.39 Å². The molecular formula is C17H21F. The summed E-state index contributed by atoms with van der Waals surface area (Å²) in [6, 6.07) is 5.60. The van der Waals surface area contributed by atoms with Gasteiger partial charge < -0.3 is 0 Å². The summed E-state index contributed by atoms with van der Waals surface area (Å²) in [5.74, 6) is 0.683. The first-order valence-electron chi connectivity index (χ1n) is 6.83. The number of rotatable bonds is 5. The van der Waals surface area contributed by atoms with Crippen LogP contribution in [0.3, 0.4) is 0 Å². The molecule has 0 nitrogen and oxygen atoms in total. The fourth-order valence-electron chi connectivity index (χ4n) is 2.57. The van der Waals surface area contributed by atoms with Crippen molar-refractivity contribution < 1.29 is 4.39 Å². The molecule has 1 aliphatic rings. The van der Waals surface area contributed by atoms with Gasteiger partial charge in [-0.15, -0.1) is 6.58 Å². The lowest BCUT2D eigenvalue weighted by Gasteiger charge is -2.17. The van der Waals surface area contributed by atoms with E-state index in [1.54, 1.807) is 6.07 Å². The van der Waals surface area contributed by atoms with Crippen molar-refractivity contribution in [2.24, 2.45) is 5.92 Å². The first kappa shape index (κ1) is 13.1. The Morgan fingerprint density at radius 2 is 2.22 bits per heavy atom. The summed E-state index contributed by atoms with van der Waals surface area (Å²) in [6.07, 6.45) is 12.6. The summed E-state index contributed by atoms with van der Waals surface area (Å²) in [7, 11) is 0. The summed E-state index contributed by atoms with van der Waals surface area (Å²) in [5, 5.41) is 0. The lowest BCUT2D eigenvalue weighted by atomic mass is 9.89. The molecule has 1 aliphatic carbocycles. The maximum Gasteiger partial charge on any atom is 0.126 e. The summed E-state index contributed by atoms with van der Waals surface area (Å²) < 4.78 is 13.9. The van der Waals surface area contributed by atoms with E-state index >= 15 is 0 Å². The quantitative estimate of drug-likeness (QED) is 0.650. The number of halogens is 1. The van der Waals surface area contributed by atoms with Gasteiger partial charge in [0.1, 0.15) is 5.82 Å². The lowest BCUT2D eigenvalue weighted by molar-refractivity contribution is 0.441. The van der Waals surface area contributed by atoms with E-state index in [1.807, 2.05) is 18.2 Å². The Hall–Kier alpha value is -1.37. The zero-order valence-electron chi connectivity index (χ0n) is 10.9. The van der Waals surface area contributed by atoms with Crippen LogP contribution in [0.5, 0.6) is 0 Å². The van der Waals surface area contributed by atoms with Gasteiger partial charge in [0.2, 0.25) is 0 Å². The van der Waals surface area contributed by atoms with E-state index < -0.39 is 0 Å². The number of aryl methyl sites for hydroxylation is 1. The van der Waals surface area contributed by atoms with Crippen LogP contribution < -0.4 is 0 Å². The number of benzene rings is 1. The highest BCUT2D eigenvalue weighted by molar-refractivity contribution is 5.25. The Morgan fingerprint density at radius 1 is 1.33 bits per heavy atom. The van der Waals surface area contributed by atoms with E-state index in [2.05, 4.69) is 18.7 Å². The molecule has 0 fully saturated rings. The molecule has 1 aromatic carbocycles. The molecule has 0 bridgehead atoms. The zero-order valence-corrected chi connectivity index (χ0v) is 10.9. The molecular weight excluding hydrogens is 223 g/mol. The SMILES string of the molecule is C=CCc1ccc(CCC2CC=CCC2)c(F)c1. The van der Waals surface area contributed by atoms with Gasteiger partial charge in [0.05, 0.1) is 0 Å². The van der Waals surface area contributed by atoms with E-state index in [1.165, 1.54) is 12.8 Å². The molecule has 0 saturated carbocycles. The second-order valence-electron chi connectivity index (χ2n) is 5.11. The smallest absolute Gasteiger partial charge is 0.126 e. The van der Waals surface area contributed by atoms with Gasteiger partial charge in [-0.3, -0.25) is 0 Å². The monoisotopic (exact) mass is 244 g/mol. The van der Waals surface area contributed by atoms with Crippen LogP contribution in [0.4, 0.5) is 4.39 Å². The van der Waals surface area contributed by atoms with Crippen molar-refractivity contribution in [1.29, 1.82) is 0 Å². The van der Waals surface area contributed by atoms with Crippen LogP contribution in [0.25, 0.3) is 0 Å². The van der Waals surface area contributed by atoms with Crippen LogP contribution in [-0.2, 0) is 12.8 Å². The van der Waals surface area contributed by atoms with Gasteiger partial charge in [-0.2, -0.15) is 0 Å². The van der Waals surface area contributed by atoms with Gasteiger partial charge in [0.15, 0.2) is 0 Å². The van der Waals surface area contributed by atoms with Crippen molar-refractivity contribution in [2.45, 2.75) is 38.5 Å². The fraction of sp³-hybridized carbons (Fsp3) is 0.412. The Labute approximate surface area is 109 Å². The van der Waals surface area contributed by atoms with Crippen molar-refractivity contribution in [2.75, 3.05) is 0 Å². The maximum absolute atomic E-state index is 13.9. The summed E-state index contributed by atoms with van der Waals surface area (Å²) in [4.78, 5) is 0. The molecule has 1 unspecified atom stereocenters. The van der Waals surface area contributed by atoms with E-state index in [0.29, 0.717) is 0 Å². The van der Waals surface area contributed by atoms with Gasteiger partial charge >= 0.3 is 0 Å². The highest BCUT2D eigenvalue weighted by Gasteiger charge is 2.11. The molecule has 0 heterocycles. The van der Waals surface area contributed by atoms with E-state index in [4.69, 9.17) is 0 Å². The molecule has 1 atom stereocenters. The molecule has 1 heteroatoms. The second-order valence-corrected chi connectivity index (χ2v) is 5.11. The van der Waals surface area contributed by atoms with Crippen molar-refractivity contribution in [3.8, 4) is 0 Å². The van der Waals surface area contributed by atoms with Crippen LogP contribution in [-0.4, -0.2) is 0 Å². The van der Waals surface area contributed by atoms with E-state index in [0.717, 1.165) is 42.7 Å². The van der Waals surface area contributed by atoms with Gasteiger partial charge in [0.25, 0.3) is 0 Å². The van der Waals surface area contributed by atoms with Crippen LogP contribution in [0.15, 0.2) is 43.0 Å². The molecule has 0 radical (unpaired) electrons. The fourth-order valence-corrected chi connectivity index (χ4v) is 2.57. The molecule has 2 rings (SSSR count). The molecule has 0 N–H and O–H groups in total.